The molecule has 3 aromatic rings. The molecule has 0 radical (unpaired) electrons. The van der Waals surface area contributed by atoms with Gasteiger partial charge in [0.05, 0.1) is 6.26 Å². The van der Waals surface area contributed by atoms with E-state index in [0.717, 1.165) is 17.1 Å². The Hall–Kier alpha value is -2.95. The molecule has 5 nitrogen and oxygen atoms in total. The minimum Gasteiger partial charge on any atom is -0.469 e. The van der Waals surface area contributed by atoms with Crippen LogP contribution in [0.15, 0.2) is 71.6 Å². The van der Waals surface area contributed by atoms with Gasteiger partial charge in [0, 0.05) is 36.2 Å². The fraction of sp³-hybridized carbons (Fsp3) is 0.167. The number of anilines is 1. The molecule has 3 rings (SSSR count). The van der Waals surface area contributed by atoms with Crippen LogP contribution in [0.4, 0.5) is 10.5 Å². The van der Waals surface area contributed by atoms with E-state index in [4.69, 9.17) is 4.42 Å². The van der Waals surface area contributed by atoms with Crippen LogP contribution in [0.1, 0.15) is 12.7 Å². The Balaban J connectivity index is 1.58. The van der Waals surface area contributed by atoms with Crippen LogP contribution >= 0.6 is 0 Å². The first-order chi connectivity index (χ1) is 11.2. The van der Waals surface area contributed by atoms with Gasteiger partial charge in [0.15, 0.2) is 0 Å². The van der Waals surface area contributed by atoms with E-state index in [1.807, 2.05) is 72.4 Å². The summed E-state index contributed by atoms with van der Waals surface area (Å²) in [5, 5.41) is 5.76. The molecule has 0 saturated carbocycles. The largest absolute Gasteiger partial charge is 0.469 e. The zero-order valence-electron chi connectivity index (χ0n) is 12.9. The van der Waals surface area contributed by atoms with Crippen LogP contribution in [0.25, 0.3) is 5.69 Å². The van der Waals surface area contributed by atoms with Crippen molar-refractivity contribution < 1.29 is 9.21 Å². The predicted octanol–water partition coefficient (Wildman–Crippen LogP) is 3.82. The Kier molecular flexibility index (Phi) is 4.47. The number of carbonyl (C=O) groups excluding carboxylic acids is 1. The highest BCUT2D eigenvalue weighted by Gasteiger charge is 2.10. The summed E-state index contributed by atoms with van der Waals surface area (Å²) in [5.74, 6) is 0.854. The third kappa shape index (κ3) is 4.03. The van der Waals surface area contributed by atoms with Gasteiger partial charge in [0.1, 0.15) is 5.76 Å². The zero-order valence-corrected chi connectivity index (χ0v) is 12.9. The van der Waals surface area contributed by atoms with E-state index in [9.17, 15) is 4.79 Å². The highest BCUT2D eigenvalue weighted by atomic mass is 16.3. The highest BCUT2D eigenvalue weighted by molar-refractivity contribution is 5.89. The lowest BCUT2D eigenvalue weighted by Crippen LogP contribution is -2.37. The van der Waals surface area contributed by atoms with Gasteiger partial charge in [0.2, 0.25) is 0 Å². The van der Waals surface area contributed by atoms with Gasteiger partial charge in [-0.15, -0.1) is 0 Å². The van der Waals surface area contributed by atoms with Crippen LogP contribution in [-0.4, -0.2) is 16.6 Å². The van der Waals surface area contributed by atoms with Gasteiger partial charge in [-0.3, -0.25) is 0 Å². The molecule has 2 amide bonds. The van der Waals surface area contributed by atoms with Gasteiger partial charge < -0.3 is 19.6 Å². The van der Waals surface area contributed by atoms with Gasteiger partial charge in [-0.05, 0) is 49.4 Å². The van der Waals surface area contributed by atoms with Gasteiger partial charge in [0.25, 0.3) is 0 Å². The van der Waals surface area contributed by atoms with Crippen LogP contribution < -0.4 is 10.6 Å². The fourth-order valence-corrected chi connectivity index (χ4v) is 2.42. The Morgan fingerprint density at radius 3 is 2.74 bits per heavy atom. The number of nitrogens with one attached hydrogen (secondary N) is 2. The molecule has 2 heterocycles. The van der Waals surface area contributed by atoms with Crippen LogP contribution in [-0.2, 0) is 6.42 Å². The molecule has 0 fully saturated rings. The number of rotatable bonds is 5. The van der Waals surface area contributed by atoms with Crippen molar-refractivity contribution in [3.8, 4) is 5.69 Å². The van der Waals surface area contributed by atoms with Crippen LogP contribution in [0.3, 0.4) is 0 Å². The maximum Gasteiger partial charge on any atom is 0.319 e. The Bertz CT molecular complexity index is 748. The van der Waals surface area contributed by atoms with Crippen molar-refractivity contribution in [3.63, 3.8) is 0 Å². The molecule has 2 N–H and O–H groups in total. The first-order valence-electron chi connectivity index (χ1n) is 7.54. The number of carbonyl (C=O) groups is 1. The lowest BCUT2D eigenvalue weighted by Gasteiger charge is -2.14. The summed E-state index contributed by atoms with van der Waals surface area (Å²) in [6.45, 7) is 1.94. The molecular weight excluding hydrogens is 290 g/mol. The topological polar surface area (TPSA) is 59.2 Å². The molecule has 0 aliphatic heterocycles. The number of furan rings is 1. The molecule has 0 saturated heterocycles. The number of hydrogen-bond donors (Lipinski definition) is 2. The number of benzene rings is 1. The molecule has 0 bridgehead atoms. The van der Waals surface area contributed by atoms with Gasteiger partial charge in [-0.25, -0.2) is 4.79 Å². The Labute approximate surface area is 134 Å². The molecule has 0 spiro atoms. The van der Waals surface area contributed by atoms with Crippen LogP contribution in [0, 0.1) is 0 Å². The van der Waals surface area contributed by atoms with Crippen molar-refractivity contribution >= 4 is 11.7 Å². The zero-order chi connectivity index (χ0) is 16.1. The summed E-state index contributed by atoms with van der Waals surface area (Å²) in [6.07, 6.45) is 6.22. The van der Waals surface area contributed by atoms with Gasteiger partial charge in [-0.1, -0.05) is 6.07 Å². The molecule has 0 aliphatic rings. The summed E-state index contributed by atoms with van der Waals surface area (Å²) in [6, 6.07) is 15.1. The monoisotopic (exact) mass is 309 g/mol. The summed E-state index contributed by atoms with van der Waals surface area (Å²) < 4.78 is 7.28. The van der Waals surface area contributed by atoms with E-state index < -0.39 is 0 Å². The first kappa shape index (κ1) is 15.0. The standard InChI is InChI=1S/C18H19N3O2/c1-14(12-17-8-5-11-23-17)19-18(22)20-15-6-4-7-16(13-15)21-9-2-3-10-21/h2-11,13-14H,12H2,1H3,(H2,19,20,22). The number of amides is 2. The third-order valence-electron chi connectivity index (χ3n) is 3.47. The maximum atomic E-state index is 12.1. The molecule has 2 aromatic heterocycles. The van der Waals surface area contributed by atoms with Crippen molar-refractivity contribution in [2.75, 3.05) is 5.32 Å². The van der Waals surface area contributed by atoms with Crippen LogP contribution in [0.2, 0.25) is 0 Å². The van der Waals surface area contributed by atoms with Crippen molar-refractivity contribution in [2.24, 2.45) is 0 Å². The molecule has 1 atom stereocenters. The molecule has 0 aliphatic carbocycles. The molecular formula is C18H19N3O2. The van der Waals surface area contributed by atoms with E-state index in [0.29, 0.717) is 6.42 Å². The third-order valence-corrected chi connectivity index (χ3v) is 3.47. The Morgan fingerprint density at radius 1 is 1.17 bits per heavy atom. The van der Waals surface area contributed by atoms with Crippen LogP contribution in [0.5, 0.6) is 0 Å². The molecule has 1 aromatic carbocycles. The second-order valence-corrected chi connectivity index (χ2v) is 5.42. The number of urea groups is 1. The average molecular weight is 309 g/mol. The predicted molar refractivity (Wildman–Crippen MR) is 89.8 cm³/mol. The van der Waals surface area contributed by atoms with E-state index in [2.05, 4.69) is 10.6 Å². The smallest absolute Gasteiger partial charge is 0.319 e. The number of aromatic nitrogens is 1. The maximum absolute atomic E-state index is 12.1. The fourth-order valence-electron chi connectivity index (χ4n) is 2.42. The summed E-state index contributed by atoms with van der Waals surface area (Å²) in [5.41, 5.74) is 1.75. The van der Waals surface area contributed by atoms with Crippen molar-refractivity contribution in [1.82, 2.24) is 9.88 Å². The quantitative estimate of drug-likeness (QED) is 0.752. The van der Waals surface area contributed by atoms with E-state index in [-0.39, 0.29) is 12.1 Å². The summed E-state index contributed by atoms with van der Waals surface area (Å²) in [4.78, 5) is 12.1. The van der Waals surface area contributed by atoms with Gasteiger partial charge >= 0.3 is 6.03 Å². The van der Waals surface area contributed by atoms with E-state index in [1.54, 1.807) is 6.26 Å². The molecule has 23 heavy (non-hydrogen) atoms. The van der Waals surface area contributed by atoms with E-state index in [1.165, 1.54) is 0 Å². The lowest BCUT2D eigenvalue weighted by atomic mass is 10.2. The first-order valence-corrected chi connectivity index (χ1v) is 7.54. The van der Waals surface area contributed by atoms with E-state index >= 15 is 0 Å². The second kappa shape index (κ2) is 6.87. The molecule has 5 heteroatoms. The molecule has 118 valence electrons. The van der Waals surface area contributed by atoms with Gasteiger partial charge in [-0.2, -0.15) is 0 Å². The minimum atomic E-state index is -0.228. The SMILES string of the molecule is CC(Cc1ccco1)NC(=O)Nc1cccc(-n2cccc2)c1. The minimum absolute atomic E-state index is 0.0196. The number of nitrogens with zero attached hydrogens (tertiary/aromatic N) is 1. The number of hydrogen-bond acceptors (Lipinski definition) is 2. The molecule has 1 unspecified atom stereocenters. The van der Waals surface area contributed by atoms with Crippen molar-refractivity contribution in [2.45, 2.75) is 19.4 Å². The average Bonchev–Trinajstić information content (AvgIpc) is 3.20. The lowest BCUT2D eigenvalue weighted by molar-refractivity contribution is 0.248. The highest BCUT2D eigenvalue weighted by Crippen LogP contribution is 2.15. The Morgan fingerprint density at radius 2 is 2.00 bits per heavy atom. The second-order valence-electron chi connectivity index (χ2n) is 5.42. The van der Waals surface area contributed by atoms with Crippen molar-refractivity contribution in [3.05, 3.63) is 72.9 Å². The summed E-state index contributed by atoms with van der Waals surface area (Å²) >= 11 is 0. The normalized spacial score (nSPS) is 11.9. The summed E-state index contributed by atoms with van der Waals surface area (Å²) in [7, 11) is 0. The van der Waals surface area contributed by atoms with Crippen molar-refractivity contribution in [1.29, 1.82) is 0 Å².